The van der Waals surface area contributed by atoms with E-state index in [0.717, 1.165) is 16.8 Å². The first-order valence-electron chi connectivity index (χ1n) is 10.5. The molecule has 7 heteroatoms. The number of benzene rings is 3. The van der Waals surface area contributed by atoms with Gasteiger partial charge in [0, 0.05) is 5.56 Å². The molecule has 4 aromatic rings. The Morgan fingerprint density at radius 3 is 2.58 bits per heavy atom. The van der Waals surface area contributed by atoms with E-state index in [1.54, 1.807) is 35.0 Å². The summed E-state index contributed by atoms with van der Waals surface area (Å²) in [6.07, 6.45) is 0. The van der Waals surface area contributed by atoms with Crippen molar-refractivity contribution in [3.8, 4) is 5.75 Å². The Morgan fingerprint density at radius 1 is 1.03 bits per heavy atom. The fourth-order valence-electron chi connectivity index (χ4n) is 3.55. The highest BCUT2D eigenvalue weighted by Gasteiger charge is 2.16. The second-order valence-corrected chi connectivity index (χ2v) is 8.11. The molecule has 33 heavy (non-hydrogen) atoms. The number of nitrogens with zero attached hydrogens (tertiary/aromatic N) is 2. The minimum Gasteiger partial charge on any atom is -0.487 e. The number of nitrogens with one attached hydrogen (secondary N) is 1. The zero-order valence-corrected chi connectivity index (χ0v) is 19.1. The van der Waals surface area contributed by atoms with Gasteiger partial charge in [0.05, 0.1) is 28.6 Å². The van der Waals surface area contributed by atoms with Gasteiger partial charge in [0.15, 0.2) is 0 Å². The number of ether oxygens (including phenoxy) is 1. The van der Waals surface area contributed by atoms with E-state index in [4.69, 9.17) is 16.3 Å². The minimum absolute atomic E-state index is 0.244. The molecule has 4 rings (SSSR count). The van der Waals surface area contributed by atoms with Crippen LogP contribution in [0.25, 0.3) is 0 Å². The van der Waals surface area contributed by atoms with Crippen molar-refractivity contribution in [2.75, 3.05) is 5.32 Å². The van der Waals surface area contributed by atoms with Crippen molar-refractivity contribution >= 4 is 23.2 Å². The maximum absolute atomic E-state index is 13.5. The first-order chi connectivity index (χ1) is 15.9. The van der Waals surface area contributed by atoms with E-state index in [0.29, 0.717) is 34.3 Å². The number of amides is 1. The SMILES string of the molecule is Cc1nn(Cc2cccc(F)c2)c(C)c1NC(=O)c1cccc(COc2ccccc2Cl)c1. The largest absolute Gasteiger partial charge is 0.487 e. The molecule has 0 fully saturated rings. The Hall–Kier alpha value is -3.64. The molecule has 0 saturated heterocycles. The number of hydrogen-bond acceptors (Lipinski definition) is 3. The lowest BCUT2D eigenvalue weighted by Crippen LogP contribution is -2.14. The predicted molar refractivity (Wildman–Crippen MR) is 127 cm³/mol. The highest BCUT2D eigenvalue weighted by molar-refractivity contribution is 6.32. The van der Waals surface area contributed by atoms with Crippen LogP contribution in [0.15, 0.2) is 72.8 Å². The molecule has 5 nitrogen and oxygen atoms in total. The Labute approximate surface area is 196 Å². The molecule has 0 aliphatic rings. The molecular weight excluding hydrogens is 441 g/mol. The summed E-state index contributed by atoms with van der Waals surface area (Å²) in [5, 5.41) is 8.02. The third-order valence-electron chi connectivity index (χ3n) is 5.26. The van der Waals surface area contributed by atoms with Gasteiger partial charge in [0.25, 0.3) is 5.91 Å². The van der Waals surface area contributed by atoms with Crippen LogP contribution in [-0.4, -0.2) is 15.7 Å². The van der Waals surface area contributed by atoms with Gasteiger partial charge in [0.1, 0.15) is 18.2 Å². The number of rotatable bonds is 7. The number of halogens is 2. The number of para-hydroxylation sites is 1. The molecule has 0 aliphatic carbocycles. The van der Waals surface area contributed by atoms with Gasteiger partial charge < -0.3 is 10.1 Å². The van der Waals surface area contributed by atoms with Crippen molar-refractivity contribution in [2.24, 2.45) is 0 Å². The predicted octanol–water partition coefficient (Wildman–Crippen LogP) is 6.17. The number of carbonyl (C=O) groups is 1. The van der Waals surface area contributed by atoms with Crippen LogP contribution in [0.5, 0.6) is 5.75 Å². The highest BCUT2D eigenvalue weighted by Crippen LogP contribution is 2.25. The maximum atomic E-state index is 13.5. The first-order valence-corrected chi connectivity index (χ1v) is 10.8. The van der Waals surface area contributed by atoms with Crippen LogP contribution in [0.3, 0.4) is 0 Å². The second-order valence-electron chi connectivity index (χ2n) is 7.71. The third-order valence-corrected chi connectivity index (χ3v) is 5.57. The molecule has 1 amide bonds. The quantitative estimate of drug-likeness (QED) is 0.356. The van der Waals surface area contributed by atoms with Crippen LogP contribution < -0.4 is 10.1 Å². The van der Waals surface area contributed by atoms with Crippen LogP contribution in [0.1, 0.15) is 32.9 Å². The standard InChI is InChI=1S/C26H23ClFN3O2/c1-17-25(18(2)31(30-17)15-19-7-6-10-22(28)14-19)29-26(32)21-9-5-8-20(13-21)16-33-24-12-4-3-11-23(24)27/h3-14H,15-16H2,1-2H3,(H,29,32). The molecule has 3 aromatic carbocycles. The number of carbonyl (C=O) groups excluding carboxylic acids is 1. The van der Waals surface area contributed by atoms with Gasteiger partial charge in [-0.05, 0) is 61.4 Å². The van der Waals surface area contributed by atoms with Crippen molar-refractivity contribution in [2.45, 2.75) is 27.0 Å². The average Bonchev–Trinajstić information content (AvgIpc) is 3.06. The molecular formula is C26H23ClFN3O2. The maximum Gasteiger partial charge on any atom is 0.255 e. The lowest BCUT2D eigenvalue weighted by molar-refractivity contribution is 0.102. The number of hydrogen-bond donors (Lipinski definition) is 1. The van der Waals surface area contributed by atoms with Gasteiger partial charge in [-0.3, -0.25) is 9.48 Å². The summed E-state index contributed by atoms with van der Waals surface area (Å²) in [5.41, 5.74) is 4.28. The molecule has 0 unspecified atom stereocenters. The zero-order chi connectivity index (χ0) is 23.4. The summed E-state index contributed by atoms with van der Waals surface area (Å²) in [6.45, 7) is 4.41. The molecule has 0 spiro atoms. The van der Waals surface area contributed by atoms with E-state index in [-0.39, 0.29) is 18.3 Å². The molecule has 0 saturated carbocycles. The molecule has 1 N–H and O–H groups in total. The van der Waals surface area contributed by atoms with Gasteiger partial charge >= 0.3 is 0 Å². The molecule has 0 radical (unpaired) electrons. The summed E-state index contributed by atoms with van der Waals surface area (Å²) >= 11 is 6.14. The monoisotopic (exact) mass is 463 g/mol. The van der Waals surface area contributed by atoms with Gasteiger partial charge in [-0.2, -0.15) is 5.10 Å². The minimum atomic E-state index is -0.291. The smallest absolute Gasteiger partial charge is 0.255 e. The summed E-state index contributed by atoms with van der Waals surface area (Å²) in [7, 11) is 0. The lowest BCUT2D eigenvalue weighted by Gasteiger charge is -2.10. The molecule has 0 atom stereocenters. The zero-order valence-electron chi connectivity index (χ0n) is 18.3. The molecule has 0 aliphatic heterocycles. The second kappa shape index (κ2) is 9.88. The summed E-state index contributed by atoms with van der Waals surface area (Å²) in [6, 6.07) is 20.9. The summed E-state index contributed by atoms with van der Waals surface area (Å²) in [4.78, 5) is 13.0. The molecule has 1 heterocycles. The van der Waals surface area contributed by atoms with Crippen LogP contribution >= 0.6 is 11.6 Å². The Kier molecular flexibility index (Phi) is 6.75. The molecule has 0 bridgehead atoms. The Bertz CT molecular complexity index is 1300. The third kappa shape index (κ3) is 5.41. The first kappa shape index (κ1) is 22.6. The van der Waals surface area contributed by atoms with E-state index < -0.39 is 0 Å². The van der Waals surface area contributed by atoms with Crippen LogP contribution in [-0.2, 0) is 13.2 Å². The number of aryl methyl sites for hydroxylation is 1. The Morgan fingerprint density at radius 2 is 1.79 bits per heavy atom. The lowest BCUT2D eigenvalue weighted by atomic mass is 10.1. The highest BCUT2D eigenvalue weighted by atomic mass is 35.5. The normalized spacial score (nSPS) is 10.8. The fourth-order valence-corrected chi connectivity index (χ4v) is 3.74. The van der Waals surface area contributed by atoms with Crippen LogP contribution in [0.4, 0.5) is 10.1 Å². The van der Waals surface area contributed by atoms with E-state index in [2.05, 4.69) is 10.4 Å². The van der Waals surface area contributed by atoms with Crippen LogP contribution in [0, 0.1) is 19.7 Å². The van der Waals surface area contributed by atoms with Crippen LogP contribution in [0.2, 0.25) is 5.02 Å². The summed E-state index contributed by atoms with van der Waals surface area (Å²) in [5.74, 6) is 0.0537. The average molecular weight is 464 g/mol. The van der Waals surface area contributed by atoms with E-state index in [1.165, 1.54) is 12.1 Å². The summed E-state index contributed by atoms with van der Waals surface area (Å²) < 4.78 is 21.1. The van der Waals surface area contributed by atoms with Crippen molar-refractivity contribution < 1.29 is 13.9 Å². The van der Waals surface area contributed by atoms with Gasteiger partial charge in [-0.15, -0.1) is 0 Å². The van der Waals surface area contributed by atoms with Gasteiger partial charge in [-0.25, -0.2) is 4.39 Å². The van der Waals surface area contributed by atoms with Crippen molar-refractivity contribution in [3.05, 3.63) is 112 Å². The van der Waals surface area contributed by atoms with E-state index in [9.17, 15) is 9.18 Å². The van der Waals surface area contributed by atoms with Gasteiger partial charge in [-0.1, -0.05) is 48.0 Å². The van der Waals surface area contributed by atoms with E-state index in [1.807, 2.05) is 44.2 Å². The van der Waals surface area contributed by atoms with Crippen molar-refractivity contribution in [1.29, 1.82) is 0 Å². The fraction of sp³-hybridized carbons (Fsp3) is 0.154. The number of aromatic nitrogens is 2. The van der Waals surface area contributed by atoms with Gasteiger partial charge in [0.2, 0.25) is 0 Å². The van der Waals surface area contributed by atoms with Crippen molar-refractivity contribution in [3.63, 3.8) is 0 Å². The van der Waals surface area contributed by atoms with Crippen molar-refractivity contribution in [1.82, 2.24) is 9.78 Å². The molecule has 1 aromatic heterocycles. The molecule has 168 valence electrons. The Balaban J connectivity index is 1.46. The number of anilines is 1. The van der Waals surface area contributed by atoms with E-state index >= 15 is 0 Å². The topological polar surface area (TPSA) is 56.2 Å².